The maximum Gasteiger partial charge on any atom is 0.360 e. The Morgan fingerprint density at radius 2 is 0.889 bits per heavy atom. The van der Waals surface area contributed by atoms with Gasteiger partial charge < -0.3 is 0 Å². The van der Waals surface area contributed by atoms with Crippen LogP contribution in [-0.4, -0.2) is 24.7 Å². The molecule has 0 heterocycles. The molecule has 0 unspecified atom stereocenters. The van der Waals surface area contributed by atoms with Crippen molar-refractivity contribution in [3.05, 3.63) is 0 Å². The summed E-state index contributed by atoms with van der Waals surface area (Å²) in [6.45, 7) is 0. The predicted molar refractivity (Wildman–Crippen MR) is 44.0 cm³/mol. The molecule has 0 aromatic carbocycles. The molecule has 0 atom stereocenters. The zero-order valence-electron chi connectivity index (χ0n) is 8.55. The van der Waals surface area contributed by atoms with Gasteiger partial charge in [0.25, 0.3) is 0 Å². The molecular formula is C7H6BF9N-. The molecule has 0 aliphatic rings. The number of rotatable bonds is 3. The minimum atomic E-state index is -5.27. The van der Waals surface area contributed by atoms with Crippen LogP contribution >= 0.6 is 0 Å². The van der Waals surface area contributed by atoms with Crippen LogP contribution in [0.15, 0.2) is 0 Å². The van der Waals surface area contributed by atoms with Gasteiger partial charge in [-0.3, -0.25) is 0 Å². The largest absolute Gasteiger partial charge is 0.360 e. The monoisotopic (exact) mass is 286 g/mol. The van der Waals surface area contributed by atoms with Crippen LogP contribution in [0.2, 0.25) is 19.0 Å². The average Bonchev–Trinajstić information content (AvgIpc) is 1.93. The Kier molecular flexibility index (Phi) is 4.60. The van der Waals surface area contributed by atoms with Gasteiger partial charge in [0.2, 0.25) is 0 Å². The molecule has 0 amide bonds. The van der Waals surface area contributed by atoms with Crippen molar-refractivity contribution in [2.75, 3.05) is 0 Å². The standard InChI is InChI=1S/C7H6BF9N/c9-5(10,11)1-8(4-18,2-6(12,13)14)3-7(15,16)17/h1-3H2/q-1. The molecule has 11 heteroatoms. The molecule has 0 saturated carbocycles. The van der Waals surface area contributed by atoms with Crippen LogP contribution < -0.4 is 0 Å². The smallest absolute Gasteiger partial charge is 0.250 e. The molecule has 0 aromatic rings. The molecule has 0 aromatic heterocycles. The molecule has 0 fully saturated rings. The second-order valence-corrected chi connectivity index (χ2v) is 4.07. The van der Waals surface area contributed by atoms with Gasteiger partial charge in [0.15, 0.2) is 0 Å². The SMILES string of the molecule is N#C[B-](CC(F)(F)F)(CC(F)(F)F)CC(F)(F)F. The third kappa shape index (κ3) is 7.29. The highest BCUT2D eigenvalue weighted by molar-refractivity contribution is 6.87. The summed E-state index contributed by atoms with van der Waals surface area (Å²) in [7, 11) is 0. The lowest BCUT2D eigenvalue weighted by atomic mass is 9.20. The predicted octanol–water partition coefficient (Wildman–Crippen LogP) is 4.18. The number of halogens is 9. The van der Waals surface area contributed by atoms with Gasteiger partial charge in [-0.2, -0.15) is 45.5 Å². The van der Waals surface area contributed by atoms with Gasteiger partial charge in [0, 0.05) is 0 Å². The molecule has 0 rings (SSSR count). The lowest BCUT2D eigenvalue weighted by Crippen LogP contribution is -2.45. The summed E-state index contributed by atoms with van der Waals surface area (Å²) in [4.78, 5) is 0. The molecule has 106 valence electrons. The number of hydrogen-bond acceptors (Lipinski definition) is 1. The first kappa shape index (κ1) is 16.9. The van der Waals surface area contributed by atoms with E-state index in [-0.39, 0.29) is 0 Å². The fourth-order valence-corrected chi connectivity index (χ4v) is 1.68. The number of nitrogens with zero attached hydrogens (tertiary/aromatic N) is 1. The first-order valence-electron chi connectivity index (χ1n) is 4.50. The third-order valence-electron chi connectivity index (χ3n) is 2.14. The molecular weight excluding hydrogens is 280 g/mol. The van der Waals surface area contributed by atoms with E-state index >= 15 is 0 Å². The first-order chi connectivity index (χ1) is 7.68. The highest BCUT2D eigenvalue weighted by atomic mass is 19.4. The van der Waals surface area contributed by atoms with E-state index < -0.39 is 43.6 Å². The van der Waals surface area contributed by atoms with Crippen molar-refractivity contribution in [2.45, 2.75) is 37.5 Å². The van der Waals surface area contributed by atoms with E-state index in [0.717, 1.165) is 0 Å². The first-order valence-corrected chi connectivity index (χ1v) is 4.50. The van der Waals surface area contributed by atoms with Crippen molar-refractivity contribution in [1.82, 2.24) is 0 Å². The zero-order valence-corrected chi connectivity index (χ0v) is 8.55. The van der Waals surface area contributed by atoms with Gasteiger partial charge in [-0.05, 0) is 0 Å². The Labute approximate surface area is 95.5 Å². The quantitative estimate of drug-likeness (QED) is 0.564. The number of alkyl halides is 9. The van der Waals surface area contributed by atoms with Crippen molar-refractivity contribution in [1.29, 1.82) is 5.26 Å². The van der Waals surface area contributed by atoms with Crippen molar-refractivity contribution in [2.24, 2.45) is 0 Å². The highest BCUT2D eigenvalue weighted by Crippen LogP contribution is 2.42. The normalized spacial score (nSPS) is 14.4. The summed E-state index contributed by atoms with van der Waals surface area (Å²) in [6.07, 6.45) is -27.3. The maximum atomic E-state index is 12.0. The Morgan fingerprint density at radius 1 is 0.667 bits per heavy atom. The summed E-state index contributed by atoms with van der Waals surface area (Å²) in [5.74, 6) is 0.588. The second kappa shape index (κ2) is 4.89. The van der Waals surface area contributed by atoms with Crippen LogP contribution in [0.3, 0.4) is 0 Å². The maximum absolute atomic E-state index is 12.0. The van der Waals surface area contributed by atoms with E-state index in [1.54, 1.807) is 0 Å². The molecule has 0 saturated heterocycles. The lowest BCUT2D eigenvalue weighted by Gasteiger charge is -2.34. The lowest BCUT2D eigenvalue weighted by molar-refractivity contribution is -0.126. The van der Waals surface area contributed by atoms with Crippen molar-refractivity contribution < 1.29 is 39.5 Å². The van der Waals surface area contributed by atoms with Gasteiger partial charge >= 0.3 is 18.5 Å². The summed E-state index contributed by atoms with van der Waals surface area (Å²) in [5, 5.41) is 8.34. The molecule has 0 aliphatic carbocycles. The highest BCUT2D eigenvalue weighted by Gasteiger charge is 2.49. The minimum Gasteiger partial charge on any atom is -0.250 e. The van der Waals surface area contributed by atoms with Crippen LogP contribution in [0.4, 0.5) is 39.5 Å². The van der Waals surface area contributed by atoms with Crippen LogP contribution in [0, 0.1) is 11.2 Å². The average molecular weight is 286 g/mol. The molecule has 0 radical (unpaired) electrons. The summed E-state index contributed by atoms with van der Waals surface area (Å²) < 4.78 is 108. The van der Waals surface area contributed by atoms with Crippen molar-refractivity contribution in [3.63, 3.8) is 0 Å². The molecule has 1 nitrogen and oxygen atoms in total. The van der Waals surface area contributed by atoms with E-state index in [0.29, 0.717) is 5.97 Å². The third-order valence-corrected chi connectivity index (χ3v) is 2.14. The van der Waals surface area contributed by atoms with Crippen LogP contribution in [-0.2, 0) is 0 Å². The molecule has 0 aliphatic heterocycles. The van der Waals surface area contributed by atoms with E-state index in [1.807, 2.05) is 0 Å². The van der Waals surface area contributed by atoms with Gasteiger partial charge in [-0.15, -0.1) is 0 Å². The van der Waals surface area contributed by atoms with Crippen LogP contribution in [0.5, 0.6) is 0 Å². The van der Waals surface area contributed by atoms with Crippen molar-refractivity contribution in [3.8, 4) is 5.97 Å². The minimum absolute atomic E-state index is 0.588. The van der Waals surface area contributed by atoms with E-state index in [2.05, 4.69) is 0 Å². The summed E-state index contributed by atoms with van der Waals surface area (Å²) >= 11 is 0. The zero-order chi connectivity index (χ0) is 14.8. The van der Waals surface area contributed by atoms with Gasteiger partial charge in [0.1, 0.15) is 6.15 Å². The fraction of sp³-hybridized carbons (Fsp3) is 0.857. The Morgan fingerprint density at radius 3 is 1.00 bits per heavy atom. The second-order valence-electron chi connectivity index (χ2n) is 4.07. The Hall–Kier alpha value is -1.08. The molecule has 18 heavy (non-hydrogen) atoms. The molecule has 0 spiro atoms. The van der Waals surface area contributed by atoms with Crippen LogP contribution in [0.25, 0.3) is 0 Å². The fourth-order valence-electron chi connectivity index (χ4n) is 1.68. The van der Waals surface area contributed by atoms with E-state index in [4.69, 9.17) is 5.26 Å². The summed E-state index contributed by atoms with van der Waals surface area (Å²) in [5.41, 5.74) is 0. The molecule has 0 bridgehead atoms. The van der Waals surface area contributed by atoms with Gasteiger partial charge in [-0.1, -0.05) is 19.0 Å². The molecule has 0 N–H and O–H groups in total. The topological polar surface area (TPSA) is 23.8 Å². The van der Waals surface area contributed by atoms with E-state index in [1.165, 1.54) is 0 Å². The number of hydrogen-bond donors (Lipinski definition) is 0. The van der Waals surface area contributed by atoms with Gasteiger partial charge in [0.05, 0.1) is 0 Å². The van der Waals surface area contributed by atoms with E-state index in [9.17, 15) is 39.5 Å². The Bertz CT molecular complexity index is 279. The Balaban J connectivity index is 5.29. The van der Waals surface area contributed by atoms with Crippen molar-refractivity contribution >= 4 is 6.15 Å². The van der Waals surface area contributed by atoms with Crippen LogP contribution in [0.1, 0.15) is 0 Å². The van der Waals surface area contributed by atoms with Gasteiger partial charge in [-0.25, -0.2) is 5.26 Å². The summed E-state index contributed by atoms with van der Waals surface area (Å²) in [6, 6.07) is 0. The number of nitriles is 1.